The van der Waals surface area contributed by atoms with Gasteiger partial charge < -0.3 is 5.32 Å². The summed E-state index contributed by atoms with van der Waals surface area (Å²) >= 11 is 6.10. The Morgan fingerprint density at radius 3 is 2.65 bits per heavy atom. The minimum absolute atomic E-state index is 0. The van der Waals surface area contributed by atoms with E-state index in [-0.39, 0.29) is 17.6 Å². The zero-order chi connectivity index (χ0) is 13.2. The second-order valence-corrected chi connectivity index (χ2v) is 6.38. The Balaban J connectivity index is 0.00000147. The lowest BCUT2D eigenvalue weighted by Crippen LogP contribution is -2.27. The van der Waals surface area contributed by atoms with Gasteiger partial charge in [-0.2, -0.15) is 0 Å². The largest absolute Gasteiger partial charge is 0.313 e. The lowest BCUT2D eigenvalue weighted by molar-refractivity contribution is 0.641. The van der Waals surface area contributed by atoms with Crippen LogP contribution in [0.4, 0.5) is 0 Å². The van der Waals surface area contributed by atoms with Gasteiger partial charge in [-0.15, -0.1) is 12.4 Å². The molecule has 1 aliphatic heterocycles. The minimum atomic E-state index is -1.21. The predicted octanol–water partition coefficient (Wildman–Crippen LogP) is 2.56. The lowest BCUT2D eigenvalue weighted by atomic mass is 10.3. The van der Waals surface area contributed by atoms with Gasteiger partial charge in [-0.3, -0.25) is 4.21 Å². The molecule has 3 rings (SSSR count). The molecule has 1 aromatic heterocycles. The summed E-state index contributed by atoms with van der Waals surface area (Å²) in [6.45, 7) is 0.999. The van der Waals surface area contributed by atoms with Gasteiger partial charge in [0.1, 0.15) is 0 Å². The van der Waals surface area contributed by atoms with Crippen LogP contribution in [-0.4, -0.2) is 32.5 Å². The molecule has 1 aliphatic rings. The molecule has 1 aromatic carbocycles. The SMILES string of the molecule is Cl.O=S(CC1CCCN1)c1nc2ccccc2nc1Cl. The van der Waals surface area contributed by atoms with Crippen molar-refractivity contribution in [3.8, 4) is 0 Å². The molecule has 1 saturated heterocycles. The van der Waals surface area contributed by atoms with Crippen molar-refractivity contribution in [3.63, 3.8) is 0 Å². The van der Waals surface area contributed by atoms with Crippen molar-refractivity contribution in [2.45, 2.75) is 23.9 Å². The van der Waals surface area contributed by atoms with E-state index in [1.807, 2.05) is 24.3 Å². The fourth-order valence-corrected chi connectivity index (χ4v) is 3.90. The normalized spacial score (nSPS) is 19.8. The Bertz CT molecular complexity index is 632. The highest BCUT2D eigenvalue weighted by molar-refractivity contribution is 7.85. The first-order chi connectivity index (χ1) is 9.24. The Labute approximate surface area is 131 Å². The number of fused-ring (bicyclic) bond motifs is 1. The number of rotatable bonds is 3. The molecule has 2 unspecified atom stereocenters. The van der Waals surface area contributed by atoms with Crippen molar-refractivity contribution >= 4 is 45.8 Å². The maximum atomic E-state index is 12.3. The van der Waals surface area contributed by atoms with E-state index in [2.05, 4.69) is 15.3 Å². The lowest BCUT2D eigenvalue weighted by Gasteiger charge is -2.10. The summed E-state index contributed by atoms with van der Waals surface area (Å²) in [5.41, 5.74) is 1.46. The van der Waals surface area contributed by atoms with Crippen LogP contribution >= 0.6 is 24.0 Å². The molecule has 7 heteroatoms. The molecule has 0 aliphatic carbocycles. The number of benzene rings is 1. The van der Waals surface area contributed by atoms with Crippen LogP contribution in [0.3, 0.4) is 0 Å². The average molecular weight is 332 g/mol. The molecule has 0 spiro atoms. The number of hydrogen-bond donors (Lipinski definition) is 1. The highest BCUT2D eigenvalue weighted by Crippen LogP contribution is 2.21. The van der Waals surface area contributed by atoms with E-state index in [0.29, 0.717) is 16.8 Å². The number of para-hydroxylation sites is 2. The van der Waals surface area contributed by atoms with Crippen molar-refractivity contribution < 1.29 is 4.21 Å². The summed E-state index contributed by atoms with van der Waals surface area (Å²) < 4.78 is 12.3. The summed E-state index contributed by atoms with van der Waals surface area (Å²) in [6, 6.07) is 7.76. The van der Waals surface area contributed by atoms with Gasteiger partial charge in [0.15, 0.2) is 10.2 Å². The smallest absolute Gasteiger partial charge is 0.165 e. The van der Waals surface area contributed by atoms with Crippen LogP contribution in [0.1, 0.15) is 12.8 Å². The third kappa shape index (κ3) is 3.28. The van der Waals surface area contributed by atoms with Crippen molar-refractivity contribution in [3.05, 3.63) is 29.4 Å². The van der Waals surface area contributed by atoms with Crippen molar-refractivity contribution in [1.82, 2.24) is 15.3 Å². The van der Waals surface area contributed by atoms with Gasteiger partial charge in [-0.05, 0) is 31.5 Å². The van der Waals surface area contributed by atoms with Crippen LogP contribution in [0.25, 0.3) is 11.0 Å². The van der Waals surface area contributed by atoms with Gasteiger partial charge in [0.05, 0.1) is 21.8 Å². The average Bonchev–Trinajstić information content (AvgIpc) is 2.90. The van der Waals surface area contributed by atoms with Crippen molar-refractivity contribution in [2.24, 2.45) is 0 Å². The molecule has 1 N–H and O–H groups in total. The van der Waals surface area contributed by atoms with Crippen LogP contribution in [0.15, 0.2) is 29.3 Å². The van der Waals surface area contributed by atoms with E-state index in [0.717, 1.165) is 30.4 Å². The number of nitrogens with one attached hydrogen (secondary N) is 1. The molecule has 4 nitrogen and oxygen atoms in total. The summed E-state index contributed by atoms with van der Waals surface area (Å²) in [7, 11) is -1.21. The van der Waals surface area contributed by atoms with Crippen LogP contribution in [0, 0.1) is 0 Å². The van der Waals surface area contributed by atoms with Crippen molar-refractivity contribution in [2.75, 3.05) is 12.3 Å². The van der Waals surface area contributed by atoms with E-state index in [1.54, 1.807) is 0 Å². The first-order valence-corrected chi connectivity index (χ1v) is 7.98. The summed E-state index contributed by atoms with van der Waals surface area (Å²) in [6.07, 6.45) is 2.20. The first kappa shape index (κ1) is 15.6. The number of nitrogens with zero attached hydrogens (tertiary/aromatic N) is 2. The molecule has 0 radical (unpaired) electrons. The van der Waals surface area contributed by atoms with Crippen molar-refractivity contribution in [1.29, 1.82) is 0 Å². The topological polar surface area (TPSA) is 54.9 Å². The van der Waals surface area contributed by atoms with Crippen LogP contribution < -0.4 is 5.32 Å². The van der Waals surface area contributed by atoms with Crippen LogP contribution in [-0.2, 0) is 10.8 Å². The quantitative estimate of drug-likeness (QED) is 0.939. The molecular weight excluding hydrogens is 317 g/mol. The highest BCUT2D eigenvalue weighted by atomic mass is 35.5. The van der Waals surface area contributed by atoms with E-state index in [4.69, 9.17) is 11.6 Å². The van der Waals surface area contributed by atoms with E-state index in [9.17, 15) is 4.21 Å². The third-order valence-electron chi connectivity index (χ3n) is 3.23. The van der Waals surface area contributed by atoms with Gasteiger partial charge in [-0.1, -0.05) is 23.7 Å². The third-order valence-corrected chi connectivity index (χ3v) is 5.03. The monoisotopic (exact) mass is 331 g/mol. The van der Waals surface area contributed by atoms with Gasteiger partial charge in [0.25, 0.3) is 0 Å². The second kappa shape index (κ2) is 6.80. The van der Waals surface area contributed by atoms with Gasteiger partial charge in [-0.25, -0.2) is 9.97 Å². The summed E-state index contributed by atoms with van der Waals surface area (Å²) in [4.78, 5) is 8.66. The Kier molecular flexibility index (Phi) is 5.32. The van der Waals surface area contributed by atoms with Gasteiger partial charge >= 0.3 is 0 Å². The fraction of sp³-hybridized carbons (Fsp3) is 0.385. The maximum absolute atomic E-state index is 12.3. The molecule has 20 heavy (non-hydrogen) atoms. The molecule has 2 heterocycles. The zero-order valence-corrected chi connectivity index (χ0v) is 13.1. The molecule has 2 atom stereocenters. The summed E-state index contributed by atoms with van der Waals surface area (Å²) in [5.74, 6) is 0.548. The molecule has 108 valence electrons. The Morgan fingerprint density at radius 2 is 2.00 bits per heavy atom. The molecule has 0 amide bonds. The number of halogens is 2. The van der Waals surface area contributed by atoms with E-state index >= 15 is 0 Å². The molecule has 2 aromatic rings. The zero-order valence-electron chi connectivity index (χ0n) is 10.7. The first-order valence-electron chi connectivity index (χ1n) is 6.28. The van der Waals surface area contributed by atoms with E-state index < -0.39 is 10.8 Å². The number of aromatic nitrogens is 2. The molecule has 1 fully saturated rings. The molecular formula is C13H15Cl2N3OS. The van der Waals surface area contributed by atoms with Crippen LogP contribution in [0.2, 0.25) is 5.15 Å². The molecule has 0 saturated carbocycles. The molecule has 0 bridgehead atoms. The van der Waals surface area contributed by atoms with E-state index in [1.165, 1.54) is 0 Å². The Hall–Kier alpha value is -0.750. The number of hydrogen-bond acceptors (Lipinski definition) is 4. The summed E-state index contributed by atoms with van der Waals surface area (Å²) in [5, 5.41) is 3.97. The van der Waals surface area contributed by atoms with Crippen LogP contribution in [0.5, 0.6) is 0 Å². The second-order valence-electron chi connectivity index (χ2n) is 4.61. The highest BCUT2D eigenvalue weighted by Gasteiger charge is 2.21. The predicted molar refractivity (Wildman–Crippen MR) is 84.1 cm³/mol. The minimum Gasteiger partial charge on any atom is -0.313 e. The van der Waals surface area contributed by atoms with Gasteiger partial charge in [0, 0.05) is 11.8 Å². The fourth-order valence-electron chi connectivity index (χ4n) is 2.27. The Morgan fingerprint density at radius 1 is 1.30 bits per heavy atom. The van der Waals surface area contributed by atoms with Gasteiger partial charge in [0.2, 0.25) is 0 Å². The standard InChI is InChI=1S/C13H14ClN3OS.ClH/c14-12-13(19(18)8-9-4-3-7-15-9)17-11-6-2-1-5-10(11)16-12;/h1-2,5-6,9,15H,3-4,7-8H2;1H. The maximum Gasteiger partial charge on any atom is 0.165 e.